The van der Waals surface area contributed by atoms with E-state index in [0.29, 0.717) is 11.4 Å². The Kier molecular flexibility index (Phi) is 5.07. The van der Waals surface area contributed by atoms with Crippen molar-refractivity contribution in [3.63, 3.8) is 0 Å². The number of carbonyl (C=O) groups is 2. The van der Waals surface area contributed by atoms with Crippen molar-refractivity contribution in [2.45, 2.75) is 0 Å². The highest BCUT2D eigenvalue weighted by Crippen LogP contribution is 2.13. The van der Waals surface area contributed by atoms with Crippen LogP contribution in [0.15, 0.2) is 67.1 Å². The number of rotatable bonds is 5. The van der Waals surface area contributed by atoms with Crippen molar-refractivity contribution in [2.24, 2.45) is 0 Å². The van der Waals surface area contributed by atoms with Gasteiger partial charge in [0.1, 0.15) is 11.5 Å². The zero-order chi connectivity index (χ0) is 18.5. The minimum Gasteiger partial charge on any atom is -0.331 e. The number of amides is 2. The summed E-state index contributed by atoms with van der Waals surface area (Å²) in [5, 5.41) is 2.62. The Morgan fingerprint density at radius 3 is 2.50 bits per heavy atom. The highest BCUT2D eigenvalue weighted by atomic mass is 19.1. The second-order valence-corrected chi connectivity index (χ2v) is 5.70. The summed E-state index contributed by atoms with van der Waals surface area (Å²) < 4.78 is 14.6. The number of carbonyl (C=O) groups excluding carboxylic acids is 2. The zero-order valence-electron chi connectivity index (χ0n) is 14.1. The summed E-state index contributed by atoms with van der Waals surface area (Å²) in [5.74, 6) is -1.09. The Balaban J connectivity index is 1.68. The second kappa shape index (κ2) is 7.60. The number of para-hydroxylation sites is 1. The SMILES string of the molecule is CN(CC(=O)Nc1ccc(F)cc1)C(=O)c1cncn1-c1ccccc1. The lowest BCUT2D eigenvalue weighted by Crippen LogP contribution is -2.35. The lowest BCUT2D eigenvalue weighted by atomic mass is 10.3. The molecular weight excluding hydrogens is 335 g/mol. The summed E-state index contributed by atoms with van der Waals surface area (Å²) in [5.41, 5.74) is 1.62. The van der Waals surface area contributed by atoms with E-state index in [1.54, 1.807) is 10.9 Å². The number of halogens is 1. The Morgan fingerprint density at radius 2 is 1.81 bits per heavy atom. The van der Waals surface area contributed by atoms with E-state index in [1.165, 1.54) is 42.4 Å². The van der Waals surface area contributed by atoms with Gasteiger partial charge in [0.15, 0.2) is 0 Å². The second-order valence-electron chi connectivity index (χ2n) is 5.70. The molecule has 0 unspecified atom stereocenters. The predicted octanol–water partition coefficient (Wildman–Crippen LogP) is 2.72. The van der Waals surface area contributed by atoms with Gasteiger partial charge in [-0.3, -0.25) is 14.2 Å². The molecule has 1 heterocycles. The summed E-state index contributed by atoms with van der Waals surface area (Å²) in [6, 6.07) is 14.8. The molecule has 2 aromatic carbocycles. The van der Waals surface area contributed by atoms with Crippen LogP contribution < -0.4 is 5.32 Å². The minimum absolute atomic E-state index is 0.143. The van der Waals surface area contributed by atoms with Crippen LogP contribution in [0.1, 0.15) is 10.5 Å². The number of nitrogens with one attached hydrogen (secondary N) is 1. The highest BCUT2D eigenvalue weighted by molar-refractivity contribution is 5.98. The highest BCUT2D eigenvalue weighted by Gasteiger charge is 2.19. The monoisotopic (exact) mass is 352 g/mol. The van der Waals surface area contributed by atoms with Crippen LogP contribution in [0, 0.1) is 5.82 Å². The first-order valence-electron chi connectivity index (χ1n) is 7.93. The maximum Gasteiger partial charge on any atom is 0.272 e. The van der Waals surface area contributed by atoms with Crippen molar-refractivity contribution in [1.82, 2.24) is 14.5 Å². The first-order valence-corrected chi connectivity index (χ1v) is 7.93. The van der Waals surface area contributed by atoms with Crippen LogP contribution >= 0.6 is 0 Å². The van der Waals surface area contributed by atoms with Gasteiger partial charge in [0, 0.05) is 18.4 Å². The minimum atomic E-state index is -0.385. The van der Waals surface area contributed by atoms with Crippen molar-refractivity contribution >= 4 is 17.5 Å². The van der Waals surface area contributed by atoms with E-state index < -0.39 is 0 Å². The molecule has 1 N–H and O–H groups in total. The Bertz CT molecular complexity index is 907. The molecule has 1 aromatic heterocycles. The van der Waals surface area contributed by atoms with Gasteiger partial charge >= 0.3 is 0 Å². The maximum atomic E-state index is 12.9. The molecule has 0 saturated carbocycles. The summed E-state index contributed by atoms with van der Waals surface area (Å²) in [7, 11) is 1.54. The molecule has 3 aromatic rings. The summed E-state index contributed by atoms with van der Waals surface area (Å²) >= 11 is 0. The topological polar surface area (TPSA) is 67.2 Å². The van der Waals surface area contributed by atoms with E-state index in [-0.39, 0.29) is 24.2 Å². The van der Waals surface area contributed by atoms with Crippen LogP contribution in [0.3, 0.4) is 0 Å². The fourth-order valence-corrected chi connectivity index (χ4v) is 2.46. The van der Waals surface area contributed by atoms with Gasteiger partial charge in [0.05, 0.1) is 19.1 Å². The number of aromatic nitrogens is 2. The molecule has 26 heavy (non-hydrogen) atoms. The zero-order valence-corrected chi connectivity index (χ0v) is 14.1. The van der Waals surface area contributed by atoms with Gasteiger partial charge in [-0.1, -0.05) is 18.2 Å². The molecule has 0 aliphatic heterocycles. The summed E-state index contributed by atoms with van der Waals surface area (Å²) in [6.45, 7) is -0.143. The standard InChI is InChI=1S/C19H17FN4O2/c1-23(12-18(25)22-15-9-7-14(20)8-10-15)19(26)17-11-21-13-24(17)16-5-3-2-4-6-16/h2-11,13H,12H2,1H3,(H,22,25). The normalized spacial score (nSPS) is 10.4. The van der Waals surface area contributed by atoms with Gasteiger partial charge in [-0.2, -0.15) is 0 Å². The van der Waals surface area contributed by atoms with Crippen LogP contribution in [0.2, 0.25) is 0 Å². The summed E-state index contributed by atoms with van der Waals surface area (Å²) in [6.07, 6.45) is 3.01. The fraction of sp³-hybridized carbons (Fsp3) is 0.105. The quantitative estimate of drug-likeness (QED) is 0.768. The Morgan fingerprint density at radius 1 is 1.12 bits per heavy atom. The maximum absolute atomic E-state index is 12.9. The first kappa shape index (κ1) is 17.3. The van der Waals surface area contributed by atoms with Crippen LogP contribution in [0.25, 0.3) is 5.69 Å². The third-order valence-corrected chi connectivity index (χ3v) is 3.75. The molecule has 0 aliphatic carbocycles. The lowest BCUT2D eigenvalue weighted by Gasteiger charge is -2.17. The summed E-state index contributed by atoms with van der Waals surface area (Å²) in [4.78, 5) is 30.1. The molecule has 3 rings (SSSR count). The van der Waals surface area contributed by atoms with E-state index >= 15 is 0 Å². The van der Waals surface area contributed by atoms with Crippen LogP contribution in [0.5, 0.6) is 0 Å². The number of likely N-dealkylation sites (N-methyl/N-ethyl adjacent to an activating group) is 1. The van der Waals surface area contributed by atoms with E-state index in [1.807, 2.05) is 30.3 Å². The molecule has 0 bridgehead atoms. The van der Waals surface area contributed by atoms with Crippen LogP contribution in [-0.4, -0.2) is 39.9 Å². The van der Waals surface area contributed by atoms with Gasteiger partial charge in [0.25, 0.3) is 5.91 Å². The molecule has 0 aliphatic rings. The molecular formula is C19H17FN4O2. The molecule has 6 nitrogen and oxygen atoms in total. The van der Waals surface area contributed by atoms with Gasteiger partial charge in [-0.25, -0.2) is 9.37 Å². The number of benzene rings is 2. The largest absolute Gasteiger partial charge is 0.331 e. The van der Waals surface area contributed by atoms with Crippen LogP contribution in [-0.2, 0) is 4.79 Å². The van der Waals surface area contributed by atoms with Crippen molar-refractivity contribution in [1.29, 1.82) is 0 Å². The third kappa shape index (κ3) is 3.94. The first-order chi connectivity index (χ1) is 12.5. The van der Waals surface area contributed by atoms with Gasteiger partial charge < -0.3 is 10.2 Å². The van der Waals surface area contributed by atoms with E-state index in [2.05, 4.69) is 10.3 Å². The van der Waals surface area contributed by atoms with Gasteiger partial charge in [-0.15, -0.1) is 0 Å². The number of nitrogens with zero attached hydrogens (tertiary/aromatic N) is 3. The molecule has 0 spiro atoms. The number of hydrogen-bond acceptors (Lipinski definition) is 3. The smallest absolute Gasteiger partial charge is 0.272 e. The van der Waals surface area contributed by atoms with Gasteiger partial charge in [-0.05, 0) is 36.4 Å². The van der Waals surface area contributed by atoms with E-state index in [4.69, 9.17) is 0 Å². The van der Waals surface area contributed by atoms with Crippen molar-refractivity contribution in [2.75, 3.05) is 18.9 Å². The lowest BCUT2D eigenvalue weighted by molar-refractivity contribution is -0.116. The molecule has 0 saturated heterocycles. The van der Waals surface area contributed by atoms with Crippen molar-refractivity contribution < 1.29 is 14.0 Å². The number of imidazole rings is 1. The Hall–Kier alpha value is -3.48. The molecule has 7 heteroatoms. The number of hydrogen-bond donors (Lipinski definition) is 1. The predicted molar refractivity (Wildman–Crippen MR) is 95.6 cm³/mol. The molecule has 0 atom stereocenters. The fourth-order valence-electron chi connectivity index (χ4n) is 2.46. The Labute approximate surface area is 149 Å². The van der Waals surface area contributed by atoms with E-state index in [9.17, 15) is 14.0 Å². The number of anilines is 1. The van der Waals surface area contributed by atoms with Crippen molar-refractivity contribution in [3.8, 4) is 5.69 Å². The average molecular weight is 352 g/mol. The van der Waals surface area contributed by atoms with E-state index in [0.717, 1.165) is 5.69 Å². The third-order valence-electron chi connectivity index (χ3n) is 3.75. The molecule has 0 radical (unpaired) electrons. The molecule has 2 amide bonds. The molecule has 0 fully saturated rings. The molecule has 132 valence electrons. The van der Waals surface area contributed by atoms with Crippen molar-refractivity contribution in [3.05, 3.63) is 78.6 Å². The van der Waals surface area contributed by atoms with Gasteiger partial charge in [0.2, 0.25) is 5.91 Å². The van der Waals surface area contributed by atoms with Crippen LogP contribution in [0.4, 0.5) is 10.1 Å². The average Bonchev–Trinajstić information content (AvgIpc) is 3.13.